The number of carbonyl (C=O) groups excluding carboxylic acids is 1. The maximum Gasteiger partial charge on any atom is 0.416 e. The molecular formula is C24H19F3N2O2. The van der Waals surface area contributed by atoms with Crippen molar-refractivity contribution < 1.29 is 22.7 Å². The van der Waals surface area contributed by atoms with Crippen LogP contribution in [0.4, 0.5) is 18.9 Å². The highest BCUT2D eigenvalue weighted by Crippen LogP contribution is 2.31. The number of aliphatic imine (C=N–C) groups is 1. The highest BCUT2D eigenvalue weighted by atomic mass is 19.4. The number of nitrogens with zero attached hydrogens (tertiary/aromatic N) is 1. The van der Waals surface area contributed by atoms with Crippen LogP contribution in [0.5, 0.6) is 0 Å². The van der Waals surface area contributed by atoms with Crippen LogP contribution in [-0.4, -0.2) is 12.3 Å². The van der Waals surface area contributed by atoms with Gasteiger partial charge in [-0.3, -0.25) is 4.79 Å². The summed E-state index contributed by atoms with van der Waals surface area (Å²) in [5.41, 5.74) is 4.16. The van der Waals surface area contributed by atoms with Crippen LogP contribution in [0.3, 0.4) is 0 Å². The summed E-state index contributed by atoms with van der Waals surface area (Å²) < 4.78 is 43.8. The van der Waals surface area contributed by atoms with Crippen molar-refractivity contribution in [2.24, 2.45) is 4.99 Å². The van der Waals surface area contributed by atoms with Crippen LogP contribution in [-0.2, 0) is 22.1 Å². The quantitative estimate of drug-likeness (QED) is 0.553. The van der Waals surface area contributed by atoms with E-state index >= 15 is 0 Å². The molecule has 1 aliphatic heterocycles. The van der Waals surface area contributed by atoms with E-state index in [1.807, 2.05) is 37.3 Å². The molecule has 1 N–H and O–H groups in total. The molecule has 4 nitrogen and oxygen atoms in total. The van der Waals surface area contributed by atoms with Gasteiger partial charge in [0.05, 0.1) is 12.0 Å². The summed E-state index contributed by atoms with van der Waals surface area (Å²) in [6.45, 7) is 2.01. The minimum absolute atomic E-state index is 0.144. The number of aryl methyl sites for hydroxylation is 1. The van der Waals surface area contributed by atoms with Crippen LogP contribution >= 0.6 is 0 Å². The van der Waals surface area contributed by atoms with Crippen LogP contribution in [0.25, 0.3) is 11.1 Å². The Morgan fingerprint density at radius 1 is 1.06 bits per heavy atom. The van der Waals surface area contributed by atoms with Crippen molar-refractivity contribution in [2.45, 2.75) is 25.7 Å². The van der Waals surface area contributed by atoms with Gasteiger partial charge in [0, 0.05) is 11.3 Å². The molecule has 158 valence electrons. The zero-order valence-electron chi connectivity index (χ0n) is 16.6. The third-order valence-corrected chi connectivity index (χ3v) is 5.03. The van der Waals surface area contributed by atoms with Gasteiger partial charge in [-0.05, 0) is 53.4 Å². The topological polar surface area (TPSA) is 50.7 Å². The lowest BCUT2D eigenvalue weighted by atomic mass is 9.97. The molecule has 0 fully saturated rings. The van der Waals surface area contributed by atoms with E-state index < -0.39 is 11.7 Å². The number of halogens is 3. The molecule has 0 saturated heterocycles. The second-order valence-electron chi connectivity index (χ2n) is 7.32. The first kappa shape index (κ1) is 20.7. The highest BCUT2D eigenvalue weighted by molar-refractivity contribution is 5.92. The number of hydrogen-bond acceptors (Lipinski definition) is 3. The second-order valence-corrected chi connectivity index (χ2v) is 7.32. The lowest BCUT2D eigenvalue weighted by molar-refractivity contribution is -0.137. The Bertz CT molecular complexity index is 1140. The summed E-state index contributed by atoms with van der Waals surface area (Å²) in [5.74, 6) is -0.384. The van der Waals surface area contributed by atoms with Crippen molar-refractivity contribution >= 4 is 18.0 Å². The highest BCUT2D eigenvalue weighted by Gasteiger charge is 2.30. The Kier molecular flexibility index (Phi) is 5.50. The Morgan fingerprint density at radius 2 is 1.81 bits per heavy atom. The van der Waals surface area contributed by atoms with Gasteiger partial charge in [0.2, 0.25) is 12.1 Å². The van der Waals surface area contributed by atoms with Crippen molar-refractivity contribution in [3.8, 4) is 11.1 Å². The molecule has 0 saturated carbocycles. The lowest BCUT2D eigenvalue weighted by Gasteiger charge is -2.20. The number of nitrogens with one attached hydrogen (secondary N) is 1. The molecule has 1 aliphatic rings. The molecule has 7 heteroatoms. The molecule has 0 bridgehead atoms. The molecule has 0 aromatic heterocycles. The number of hydrogen-bond donors (Lipinski definition) is 1. The van der Waals surface area contributed by atoms with Gasteiger partial charge in [0.25, 0.3) is 0 Å². The molecule has 0 spiro atoms. The van der Waals surface area contributed by atoms with E-state index in [2.05, 4.69) is 10.3 Å². The normalized spacial score (nSPS) is 15.2. The standard InChI is InChI=1S/C24H19F3N2O2/c1-15-5-6-18(23-28-14-31-23)13-21(15)17-7-9-20(10-8-17)29-22(30)12-16-3-2-4-19(11-16)24(25,26)27/h2-11,13-14,23H,12H2,1H3,(H,29,30)/t23-/m1/s1. The summed E-state index contributed by atoms with van der Waals surface area (Å²) in [4.78, 5) is 16.4. The monoisotopic (exact) mass is 424 g/mol. The van der Waals surface area contributed by atoms with Crippen LogP contribution in [0, 0.1) is 6.92 Å². The van der Waals surface area contributed by atoms with Gasteiger partial charge < -0.3 is 10.1 Å². The fourth-order valence-electron chi connectivity index (χ4n) is 3.37. The van der Waals surface area contributed by atoms with Crippen molar-refractivity contribution in [1.82, 2.24) is 0 Å². The van der Waals surface area contributed by atoms with Gasteiger partial charge in [-0.25, -0.2) is 4.99 Å². The fraction of sp³-hybridized carbons (Fsp3) is 0.167. The van der Waals surface area contributed by atoms with E-state index in [-0.39, 0.29) is 18.6 Å². The minimum atomic E-state index is -4.44. The first-order valence-electron chi connectivity index (χ1n) is 9.64. The number of ether oxygens (including phenoxy) is 1. The predicted octanol–water partition coefficient (Wildman–Crippen LogP) is 5.92. The lowest BCUT2D eigenvalue weighted by Crippen LogP contribution is -2.15. The Labute approximate surface area is 177 Å². The van der Waals surface area contributed by atoms with Crippen molar-refractivity contribution in [3.05, 3.63) is 89.0 Å². The maximum absolute atomic E-state index is 12.8. The zero-order chi connectivity index (χ0) is 22.0. The maximum atomic E-state index is 12.8. The molecule has 3 aromatic carbocycles. The molecule has 4 rings (SSSR count). The molecule has 3 aromatic rings. The fourth-order valence-corrected chi connectivity index (χ4v) is 3.37. The van der Waals surface area contributed by atoms with Gasteiger partial charge in [-0.1, -0.05) is 42.5 Å². The van der Waals surface area contributed by atoms with Gasteiger partial charge in [0.15, 0.2) is 6.40 Å². The Hall–Kier alpha value is -3.61. The van der Waals surface area contributed by atoms with Gasteiger partial charge in [-0.2, -0.15) is 13.2 Å². The van der Waals surface area contributed by atoms with Crippen LogP contribution < -0.4 is 5.32 Å². The van der Waals surface area contributed by atoms with E-state index in [4.69, 9.17) is 4.74 Å². The second kappa shape index (κ2) is 8.26. The summed E-state index contributed by atoms with van der Waals surface area (Å²) in [7, 11) is 0. The predicted molar refractivity (Wildman–Crippen MR) is 113 cm³/mol. The van der Waals surface area contributed by atoms with Gasteiger partial charge >= 0.3 is 6.18 Å². The molecule has 1 atom stereocenters. The number of carbonyl (C=O) groups is 1. The van der Waals surface area contributed by atoms with Gasteiger partial charge in [0.1, 0.15) is 0 Å². The number of amides is 1. The van der Waals surface area contributed by atoms with Crippen LogP contribution in [0.2, 0.25) is 0 Å². The van der Waals surface area contributed by atoms with E-state index in [1.165, 1.54) is 18.5 Å². The molecule has 1 amide bonds. The smallest absolute Gasteiger partial charge is 0.416 e. The molecule has 0 aliphatic carbocycles. The third kappa shape index (κ3) is 4.77. The summed E-state index contributed by atoms with van der Waals surface area (Å²) in [5, 5.41) is 2.73. The average Bonchev–Trinajstić information content (AvgIpc) is 2.68. The number of anilines is 1. The van der Waals surface area contributed by atoms with Crippen molar-refractivity contribution in [3.63, 3.8) is 0 Å². The SMILES string of the molecule is Cc1ccc([C@@H]2N=CO2)cc1-c1ccc(NC(=O)Cc2cccc(C(F)(F)F)c2)cc1. The zero-order valence-corrected chi connectivity index (χ0v) is 16.6. The van der Waals surface area contributed by atoms with E-state index in [0.717, 1.165) is 34.4 Å². The first-order valence-corrected chi connectivity index (χ1v) is 9.64. The summed E-state index contributed by atoms with van der Waals surface area (Å²) >= 11 is 0. The molecule has 0 radical (unpaired) electrons. The van der Waals surface area contributed by atoms with Crippen molar-refractivity contribution in [2.75, 3.05) is 5.32 Å². The van der Waals surface area contributed by atoms with E-state index in [1.54, 1.807) is 12.1 Å². The average molecular weight is 424 g/mol. The van der Waals surface area contributed by atoms with E-state index in [9.17, 15) is 18.0 Å². The van der Waals surface area contributed by atoms with Gasteiger partial charge in [-0.15, -0.1) is 0 Å². The van der Waals surface area contributed by atoms with Crippen LogP contribution in [0.1, 0.15) is 28.5 Å². The molecular weight excluding hydrogens is 405 g/mol. The van der Waals surface area contributed by atoms with E-state index in [0.29, 0.717) is 11.3 Å². The number of rotatable bonds is 5. The third-order valence-electron chi connectivity index (χ3n) is 5.03. The Balaban J connectivity index is 1.44. The largest absolute Gasteiger partial charge is 0.454 e. The van der Waals surface area contributed by atoms with Crippen molar-refractivity contribution in [1.29, 1.82) is 0 Å². The molecule has 0 unspecified atom stereocenters. The number of alkyl halides is 3. The van der Waals surface area contributed by atoms with Crippen LogP contribution in [0.15, 0.2) is 71.7 Å². The number of benzene rings is 3. The summed E-state index contributed by atoms with van der Waals surface area (Å²) in [6, 6.07) is 18.1. The Morgan fingerprint density at radius 3 is 2.45 bits per heavy atom. The summed E-state index contributed by atoms with van der Waals surface area (Å²) in [6.07, 6.45) is -3.43. The minimum Gasteiger partial charge on any atom is -0.454 e. The molecule has 1 heterocycles. The first-order chi connectivity index (χ1) is 14.8. The molecule has 31 heavy (non-hydrogen) atoms.